The van der Waals surface area contributed by atoms with E-state index in [-0.39, 0.29) is 13.2 Å². The van der Waals surface area contributed by atoms with E-state index in [0.29, 0.717) is 39.6 Å². The van der Waals surface area contributed by atoms with Gasteiger partial charge in [-0.15, -0.1) is 0 Å². The van der Waals surface area contributed by atoms with Crippen molar-refractivity contribution in [2.24, 2.45) is 5.92 Å². The zero-order chi connectivity index (χ0) is 25.0. The van der Waals surface area contributed by atoms with E-state index < -0.39 is 0 Å². The van der Waals surface area contributed by atoms with Gasteiger partial charge in [0.25, 0.3) is 0 Å². The highest BCUT2D eigenvalue weighted by Crippen LogP contribution is 2.14. The molecule has 0 saturated heterocycles. The molecule has 0 amide bonds. The fourth-order valence-electron chi connectivity index (χ4n) is 4.11. The van der Waals surface area contributed by atoms with Gasteiger partial charge in [0, 0.05) is 13.1 Å². The predicted molar refractivity (Wildman–Crippen MR) is 143 cm³/mol. The number of aliphatic hydroxyl groups excluding tert-OH is 2. The van der Waals surface area contributed by atoms with Gasteiger partial charge in [-0.25, -0.2) is 0 Å². The van der Waals surface area contributed by atoms with Crippen LogP contribution in [0.4, 0.5) is 0 Å². The zero-order valence-electron chi connectivity index (χ0n) is 22.8. The molecule has 206 valence electrons. The number of aliphatic hydroxyl groups is 2. The Labute approximate surface area is 211 Å². The van der Waals surface area contributed by atoms with Gasteiger partial charge >= 0.3 is 0 Å². The van der Waals surface area contributed by atoms with E-state index in [1.54, 1.807) is 0 Å². The molecule has 0 heterocycles. The van der Waals surface area contributed by atoms with Gasteiger partial charge in [-0.2, -0.15) is 0 Å². The van der Waals surface area contributed by atoms with E-state index in [2.05, 4.69) is 18.7 Å². The van der Waals surface area contributed by atoms with Crippen molar-refractivity contribution in [3.8, 4) is 0 Å². The monoisotopic (exact) mass is 489 g/mol. The molecule has 0 unspecified atom stereocenters. The Morgan fingerprint density at radius 3 is 1.38 bits per heavy atom. The molecule has 0 aromatic heterocycles. The topological polar surface area (TPSA) is 71.4 Å². The summed E-state index contributed by atoms with van der Waals surface area (Å²) in [4.78, 5) is 2.30. The molecule has 0 spiro atoms. The number of rotatable bonds is 29. The maximum absolute atomic E-state index is 9.30. The van der Waals surface area contributed by atoms with E-state index in [1.165, 1.54) is 89.9 Å². The Morgan fingerprint density at radius 2 is 0.912 bits per heavy atom. The van der Waals surface area contributed by atoms with Crippen molar-refractivity contribution < 1.29 is 24.4 Å². The first-order chi connectivity index (χ1) is 16.7. The van der Waals surface area contributed by atoms with Gasteiger partial charge < -0.3 is 24.4 Å². The number of unbranched alkanes of at least 4 members (excludes halogenated alkanes) is 12. The van der Waals surface area contributed by atoms with Crippen molar-refractivity contribution in [2.45, 2.75) is 104 Å². The Morgan fingerprint density at radius 1 is 0.471 bits per heavy atom. The Bertz CT molecular complexity index is 371. The summed E-state index contributed by atoms with van der Waals surface area (Å²) in [5.74, 6) is 0.867. The Balaban J connectivity index is 3.37. The number of ether oxygens (including phenoxy) is 3. The summed E-state index contributed by atoms with van der Waals surface area (Å²) in [5.41, 5.74) is 0. The van der Waals surface area contributed by atoms with Crippen LogP contribution in [0.25, 0.3) is 0 Å². The first-order valence-electron chi connectivity index (χ1n) is 14.4. The highest BCUT2D eigenvalue weighted by atomic mass is 16.5. The first-order valence-corrected chi connectivity index (χ1v) is 14.4. The quantitative estimate of drug-likeness (QED) is 0.136. The van der Waals surface area contributed by atoms with Crippen LogP contribution in [-0.4, -0.2) is 87.6 Å². The Hall–Kier alpha value is -0.240. The van der Waals surface area contributed by atoms with Crippen molar-refractivity contribution in [3.63, 3.8) is 0 Å². The van der Waals surface area contributed by atoms with Crippen LogP contribution in [0.3, 0.4) is 0 Å². The van der Waals surface area contributed by atoms with Gasteiger partial charge in [0.15, 0.2) is 0 Å². The van der Waals surface area contributed by atoms with E-state index >= 15 is 0 Å². The first kappa shape index (κ1) is 33.8. The van der Waals surface area contributed by atoms with Crippen molar-refractivity contribution in [3.05, 3.63) is 0 Å². The van der Waals surface area contributed by atoms with Crippen molar-refractivity contribution in [1.29, 1.82) is 0 Å². The predicted octanol–water partition coefficient (Wildman–Crippen LogP) is 5.44. The lowest BCUT2D eigenvalue weighted by molar-refractivity contribution is 0.00405. The van der Waals surface area contributed by atoms with Crippen LogP contribution in [-0.2, 0) is 14.2 Å². The van der Waals surface area contributed by atoms with Gasteiger partial charge in [0.1, 0.15) is 0 Å². The molecule has 6 heteroatoms. The molecule has 0 aromatic rings. The van der Waals surface area contributed by atoms with Crippen LogP contribution in [0.2, 0.25) is 0 Å². The summed E-state index contributed by atoms with van der Waals surface area (Å²) >= 11 is 0. The summed E-state index contributed by atoms with van der Waals surface area (Å²) < 4.78 is 16.2. The minimum atomic E-state index is 0.0481. The number of hydrogen-bond acceptors (Lipinski definition) is 6. The second-order valence-corrected chi connectivity index (χ2v) is 9.90. The third-order valence-corrected chi connectivity index (χ3v) is 6.20. The van der Waals surface area contributed by atoms with E-state index in [1.807, 2.05) is 0 Å². The molecule has 0 aromatic carbocycles. The molecule has 0 rings (SSSR count). The molecule has 0 aliphatic heterocycles. The molecular formula is C28H59NO5. The SMILES string of the molecule is CC(C)CCCCCCCCCCCCCCCN(CCO)CCOCCOCCOCCO. The molecule has 34 heavy (non-hydrogen) atoms. The van der Waals surface area contributed by atoms with Crippen molar-refractivity contribution in [1.82, 2.24) is 4.90 Å². The number of hydrogen-bond donors (Lipinski definition) is 2. The third kappa shape index (κ3) is 28.0. The van der Waals surface area contributed by atoms with Crippen LogP contribution < -0.4 is 0 Å². The maximum atomic E-state index is 9.30. The van der Waals surface area contributed by atoms with Crippen LogP contribution in [0, 0.1) is 5.92 Å². The minimum Gasteiger partial charge on any atom is -0.395 e. The van der Waals surface area contributed by atoms with Crippen LogP contribution in [0.5, 0.6) is 0 Å². The fourth-order valence-corrected chi connectivity index (χ4v) is 4.11. The summed E-state index contributed by atoms with van der Waals surface area (Å²) in [6.45, 7) is 10.7. The van der Waals surface area contributed by atoms with Gasteiger partial charge in [0.05, 0.1) is 52.9 Å². The van der Waals surface area contributed by atoms with E-state index in [9.17, 15) is 5.11 Å². The highest BCUT2D eigenvalue weighted by Gasteiger charge is 2.04. The molecule has 0 radical (unpaired) electrons. The van der Waals surface area contributed by atoms with Gasteiger partial charge in [-0.1, -0.05) is 97.3 Å². The minimum absolute atomic E-state index is 0.0481. The lowest BCUT2D eigenvalue weighted by Gasteiger charge is -2.21. The van der Waals surface area contributed by atoms with Crippen LogP contribution >= 0.6 is 0 Å². The highest BCUT2D eigenvalue weighted by molar-refractivity contribution is 4.58. The molecule has 0 aliphatic rings. The molecule has 6 nitrogen and oxygen atoms in total. The normalized spacial score (nSPS) is 11.8. The summed E-state index contributed by atoms with van der Waals surface area (Å²) in [6.07, 6.45) is 19.4. The third-order valence-electron chi connectivity index (χ3n) is 6.20. The molecule has 0 atom stereocenters. The molecular weight excluding hydrogens is 430 g/mol. The average molecular weight is 490 g/mol. The Kier molecular flexibility index (Phi) is 28.8. The van der Waals surface area contributed by atoms with Crippen molar-refractivity contribution >= 4 is 0 Å². The molecule has 0 saturated carbocycles. The van der Waals surface area contributed by atoms with Gasteiger partial charge in [-0.05, 0) is 18.9 Å². The smallest absolute Gasteiger partial charge is 0.0701 e. The van der Waals surface area contributed by atoms with Crippen LogP contribution in [0.1, 0.15) is 104 Å². The largest absolute Gasteiger partial charge is 0.395 e. The van der Waals surface area contributed by atoms with E-state index in [0.717, 1.165) is 25.6 Å². The average Bonchev–Trinajstić information content (AvgIpc) is 2.82. The van der Waals surface area contributed by atoms with Gasteiger partial charge in [-0.3, -0.25) is 4.90 Å². The zero-order valence-corrected chi connectivity index (χ0v) is 22.8. The maximum Gasteiger partial charge on any atom is 0.0701 e. The second-order valence-electron chi connectivity index (χ2n) is 9.90. The second kappa shape index (κ2) is 29.0. The van der Waals surface area contributed by atoms with E-state index in [4.69, 9.17) is 19.3 Å². The number of nitrogens with zero attached hydrogens (tertiary/aromatic N) is 1. The lowest BCUT2D eigenvalue weighted by Crippen LogP contribution is -2.31. The fraction of sp³-hybridized carbons (Fsp3) is 1.00. The molecule has 0 aliphatic carbocycles. The lowest BCUT2D eigenvalue weighted by atomic mass is 10.0. The summed E-state index contributed by atoms with van der Waals surface area (Å²) in [6, 6.07) is 0. The molecule has 0 bridgehead atoms. The summed E-state index contributed by atoms with van der Waals surface area (Å²) in [7, 11) is 0. The summed E-state index contributed by atoms with van der Waals surface area (Å²) in [5, 5.41) is 17.9. The van der Waals surface area contributed by atoms with Crippen molar-refractivity contribution in [2.75, 3.05) is 72.5 Å². The van der Waals surface area contributed by atoms with Gasteiger partial charge in [0.2, 0.25) is 0 Å². The van der Waals surface area contributed by atoms with Crippen LogP contribution in [0.15, 0.2) is 0 Å². The molecule has 2 N–H and O–H groups in total. The standard InChI is InChI=1S/C28H59NO5/c1-28(2)16-14-12-10-8-6-4-3-5-7-9-11-13-15-17-29(18-20-30)19-22-32-24-26-34-27-25-33-23-21-31/h28,30-31H,3-27H2,1-2H3. The molecule has 0 fully saturated rings.